The summed E-state index contributed by atoms with van der Waals surface area (Å²) in [5.74, 6) is 0.542. The topological polar surface area (TPSA) is 78.4 Å². The second-order valence-corrected chi connectivity index (χ2v) is 5.49. The highest BCUT2D eigenvalue weighted by Crippen LogP contribution is 2.03. The molecule has 0 aliphatic carbocycles. The van der Waals surface area contributed by atoms with Crippen LogP contribution < -0.4 is 10.6 Å². The summed E-state index contributed by atoms with van der Waals surface area (Å²) in [5, 5.41) is 14.3. The number of thioether (sulfide) groups is 1. The van der Waals surface area contributed by atoms with Crippen molar-refractivity contribution in [3.8, 4) is 0 Å². The predicted molar refractivity (Wildman–Crippen MR) is 85.6 cm³/mol. The first-order chi connectivity index (χ1) is 10.1. The molecular formula is C15H20N2O3S. The zero-order valence-corrected chi connectivity index (χ0v) is 12.6. The van der Waals surface area contributed by atoms with Crippen molar-refractivity contribution in [1.82, 2.24) is 10.6 Å². The molecule has 0 saturated carbocycles. The highest BCUT2D eigenvalue weighted by Gasteiger charge is 2.19. The van der Waals surface area contributed by atoms with Gasteiger partial charge in [0.15, 0.2) is 0 Å². The van der Waals surface area contributed by atoms with E-state index < -0.39 is 18.0 Å². The van der Waals surface area contributed by atoms with Crippen LogP contribution in [0.3, 0.4) is 0 Å². The van der Waals surface area contributed by atoms with E-state index in [-0.39, 0.29) is 6.42 Å². The van der Waals surface area contributed by atoms with Gasteiger partial charge in [0.1, 0.15) is 6.04 Å². The van der Waals surface area contributed by atoms with Crippen LogP contribution in [0.5, 0.6) is 0 Å². The van der Waals surface area contributed by atoms with Crippen LogP contribution in [0.4, 0.5) is 4.79 Å². The van der Waals surface area contributed by atoms with Crippen molar-refractivity contribution < 1.29 is 14.7 Å². The molecule has 1 atom stereocenters. The first-order valence-corrected chi connectivity index (χ1v) is 7.78. The molecule has 0 heterocycles. The number of urea groups is 1. The molecule has 0 unspecified atom stereocenters. The number of aliphatic carboxylic acids is 1. The number of benzene rings is 1. The Bertz CT molecular complexity index is 465. The van der Waals surface area contributed by atoms with Gasteiger partial charge in [-0.15, -0.1) is 6.58 Å². The lowest BCUT2D eigenvalue weighted by molar-refractivity contribution is -0.139. The summed E-state index contributed by atoms with van der Waals surface area (Å²) >= 11 is 1.65. The van der Waals surface area contributed by atoms with Gasteiger partial charge in [-0.05, 0) is 5.56 Å². The molecule has 2 amide bonds. The molecular weight excluding hydrogens is 288 g/mol. The van der Waals surface area contributed by atoms with E-state index in [9.17, 15) is 9.59 Å². The van der Waals surface area contributed by atoms with Gasteiger partial charge in [0.2, 0.25) is 0 Å². The SMILES string of the molecule is C=CCSCCNC(=O)N[C@@H](Cc1ccccc1)C(=O)O. The maximum Gasteiger partial charge on any atom is 0.326 e. The van der Waals surface area contributed by atoms with Gasteiger partial charge in [0.25, 0.3) is 0 Å². The smallest absolute Gasteiger partial charge is 0.326 e. The number of amides is 2. The number of rotatable bonds is 9. The van der Waals surface area contributed by atoms with Crippen LogP contribution in [-0.2, 0) is 11.2 Å². The zero-order valence-electron chi connectivity index (χ0n) is 11.7. The monoisotopic (exact) mass is 308 g/mol. The van der Waals surface area contributed by atoms with Crippen LogP contribution in [-0.4, -0.2) is 41.2 Å². The molecule has 5 nitrogen and oxygen atoms in total. The van der Waals surface area contributed by atoms with Gasteiger partial charge >= 0.3 is 12.0 Å². The molecule has 0 spiro atoms. The molecule has 6 heteroatoms. The number of carboxylic acid groups (broad SMARTS) is 1. The molecule has 0 aliphatic heterocycles. The summed E-state index contributed by atoms with van der Waals surface area (Å²) in [4.78, 5) is 22.9. The van der Waals surface area contributed by atoms with Gasteiger partial charge < -0.3 is 15.7 Å². The van der Waals surface area contributed by atoms with Crippen LogP contribution in [0.2, 0.25) is 0 Å². The van der Waals surface area contributed by atoms with Crippen LogP contribution in [0.1, 0.15) is 5.56 Å². The largest absolute Gasteiger partial charge is 0.480 e. The normalized spacial score (nSPS) is 11.4. The van der Waals surface area contributed by atoms with Crippen molar-refractivity contribution in [3.63, 3.8) is 0 Å². The van der Waals surface area contributed by atoms with Crippen molar-refractivity contribution in [2.24, 2.45) is 0 Å². The first kappa shape index (κ1) is 17.1. The fraction of sp³-hybridized carbons (Fsp3) is 0.333. The number of carboxylic acids is 1. The molecule has 0 fully saturated rings. The van der Waals surface area contributed by atoms with Gasteiger partial charge in [0.05, 0.1) is 0 Å². The van der Waals surface area contributed by atoms with Crippen molar-refractivity contribution in [2.45, 2.75) is 12.5 Å². The second kappa shape index (κ2) is 9.88. The summed E-state index contributed by atoms with van der Waals surface area (Å²) in [6.07, 6.45) is 2.06. The standard InChI is InChI=1S/C15H20N2O3S/c1-2-9-21-10-8-16-15(20)17-13(14(18)19)11-12-6-4-3-5-7-12/h2-7,13H,1,8-11H2,(H,18,19)(H2,16,17,20)/t13-/m0/s1. The second-order valence-electron chi connectivity index (χ2n) is 4.34. The van der Waals surface area contributed by atoms with Gasteiger partial charge in [-0.25, -0.2) is 9.59 Å². The Morgan fingerprint density at radius 2 is 2.05 bits per heavy atom. The predicted octanol–water partition coefficient (Wildman–Crippen LogP) is 1.90. The minimum absolute atomic E-state index is 0.259. The average molecular weight is 308 g/mol. The van der Waals surface area contributed by atoms with Crippen molar-refractivity contribution in [2.75, 3.05) is 18.1 Å². The fourth-order valence-corrected chi connectivity index (χ4v) is 2.24. The van der Waals surface area contributed by atoms with E-state index in [2.05, 4.69) is 17.2 Å². The lowest BCUT2D eigenvalue weighted by Gasteiger charge is -2.15. The molecule has 0 aromatic heterocycles. The molecule has 0 aliphatic rings. The zero-order chi connectivity index (χ0) is 15.5. The molecule has 1 aromatic rings. The summed E-state index contributed by atoms with van der Waals surface area (Å²) in [5.41, 5.74) is 0.867. The Morgan fingerprint density at radius 3 is 2.67 bits per heavy atom. The Balaban J connectivity index is 2.38. The van der Waals surface area contributed by atoms with Gasteiger partial charge in [-0.1, -0.05) is 36.4 Å². The molecule has 21 heavy (non-hydrogen) atoms. The Labute approximate surface area is 128 Å². The Hall–Kier alpha value is -1.95. The number of carbonyl (C=O) groups is 2. The minimum Gasteiger partial charge on any atom is -0.480 e. The van der Waals surface area contributed by atoms with E-state index >= 15 is 0 Å². The van der Waals surface area contributed by atoms with E-state index in [4.69, 9.17) is 5.11 Å². The number of hydrogen-bond donors (Lipinski definition) is 3. The van der Waals surface area contributed by atoms with E-state index in [0.717, 1.165) is 17.1 Å². The summed E-state index contributed by atoms with van der Waals surface area (Å²) in [7, 11) is 0. The van der Waals surface area contributed by atoms with Crippen molar-refractivity contribution >= 4 is 23.8 Å². The molecule has 0 radical (unpaired) electrons. The van der Waals surface area contributed by atoms with Crippen LogP contribution in [0.15, 0.2) is 43.0 Å². The molecule has 0 bridgehead atoms. The van der Waals surface area contributed by atoms with Crippen LogP contribution in [0.25, 0.3) is 0 Å². The Kier molecular flexibility index (Phi) is 8.04. The van der Waals surface area contributed by atoms with Crippen LogP contribution in [0, 0.1) is 0 Å². The lowest BCUT2D eigenvalue weighted by atomic mass is 10.1. The third-order valence-corrected chi connectivity index (χ3v) is 3.62. The lowest BCUT2D eigenvalue weighted by Crippen LogP contribution is -2.47. The van der Waals surface area contributed by atoms with Gasteiger partial charge in [-0.2, -0.15) is 11.8 Å². The van der Waals surface area contributed by atoms with Crippen molar-refractivity contribution in [1.29, 1.82) is 0 Å². The maximum absolute atomic E-state index is 11.7. The summed E-state index contributed by atoms with van der Waals surface area (Å²) in [6, 6.07) is 7.81. The molecule has 1 aromatic carbocycles. The number of nitrogens with one attached hydrogen (secondary N) is 2. The molecule has 114 valence electrons. The fourth-order valence-electron chi connectivity index (χ4n) is 1.66. The highest BCUT2D eigenvalue weighted by molar-refractivity contribution is 7.99. The summed E-state index contributed by atoms with van der Waals surface area (Å²) < 4.78 is 0. The van der Waals surface area contributed by atoms with Gasteiger partial charge in [-0.3, -0.25) is 0 Å². The molecule has 3 N–H and O–H groups in total. The first-order valence-electron chi connectivity index (χ1n) is 6.63. The van der Waals surface area contributed by atoms with E-state index in [1.165, 1.54) is 0 Å². The van der Waals surface area contributed by atoms with Crippen molar-refractivity contribution in [3.05, 3.63) is 48.6 Å². The minimum atomic E-state index is -1.05. The average Bonchev–Trinajstić information content (AvgIpc) is 2.47. The third-order valence-electron chi connectivity index (χ3n) is 2.65. The quantitative estimate of drug-likeness (QED) is 0.481. The van der Waals surface area contributed by atoms with Gasteiger partial charge in [0, 0.05) is 24.5 Å². The highest BCUT2D eigenvalue weighted by atomic mass is 32.2. The number of hydrogen-bond acceptors (Lipinski definition) is 3. The number of carbonyl (C=O) groups excluding carboxylic acids is 1. The molecule has 1 rings (SSSR count). The third kappa shape index (κ3) is 7.41. The maximum atomic E-state index is 11.7. The Morgan fingerprint density at radius 1 is 1.33 bits per heavy atom. The van der Waals surface area contributed by atoms with E-state index in [1.54, 1.807) is 17.8 Å². The molecule has 0 saturated heterocycles. The van der Waals surface area contributed by atoms with E-state index in [1.807, 2.05) is 30.3 Å². The summed E-state index contributed by atoms with van der Waals surface area (Å²) in [6.45, 7) is 4.09. The van der Waals surface area contributed by atoms with Crippen LogP contribution >= 0.6 is 11.8 Å². The van der Waals surface area contributed by atoms with E-state index in [0.29, 0.717) is 6.54 Å².